The molecule has 1 aromatic heterocycles. The first-order chi connectivity index (χ1) is 14.2. The first kappa shape index (κ1) is 20.8. The number of benzene rings is 2. The summed E-state index contributed by atoms with van der Waals surface area (Å²) in [7, 11) is 1.63. The second kappa shape index (κ2) is 10.6. The number of hydrogen-bond donors (Lipinski definition) is 0. The summed E-state index contributed by atoms with van der Waals surface area (Å²) in [6, 6.07) is 15.5. The van der Waals surface area contributed by atoms with Gasteiger partial charge in [0.25, 0.3) is 0 Å². The molecule has 2 aromatic carbocycles. The number of allylic oxidation sites excluding steroid dienone is 1. The van der Waals surface area contributed by atoms with Crippen molar-refractivity contribution in [2.45, 2.75) is 25.2 Å². The van der Waals surface area contributed by atoms with Crippen LogP contribution in [0.5, 0.6) is 17.2 Å². The summed E-state index contributed by atoms with van der Waals surface area (Å²) < 4.78 is 19.1. The Labute approximate surface area is 175 Å². The molecule has 0 saturated carbocycles. The van der Waals surface area contributed by atoms with Crippen molar-refractivity contribution in [3.05, 3.63) is 72.6 Å². The second-order valence-electron chi connectivity index (χ2n) is 6.20. The fourth-order valence-corrected chi connectivity index (χ4v) is 3.51. The SMILES string of the molecule is C=CCn1c(COc2ccccc2C)nnc1SCCOc1ccccc1OC. The van der Waals surface area contributed by atoms with Gasteiger partial charge in [0, 0.05) is 12.3 Å². The highest BCUT2D eigenvalue weighted by molar-refractivity contribution is 7.99. The predicted octanol–water partition coefficient (Wildman–Crippen LogP) is 4.53. The number of hydrogen-bond acceptors (Lipinski definition) is 6. The topological polar surface area (TPSA) is 58.4 Å². The van der Waals surface area contributed by atoms with Gasteiger partial charge in [0.2, 0.25) is 0 Å². The molecule has 3 aromatic rings. The number of para-hydroxylation sites is 3. The molecule has 0 saturated heterocycles. The van der Waals surface area contributed by atoms with Crippen LogP contribution in [-0.4, -0.2) is 34.2 Å². The summed E-state index contributed by atoms with van der Waals surface area (Å²) in [6.07, 6.45) is 1.83. The fraction of sp³-hybridized carbons (Fsp3) is 0.273. The van der Waals surface area contributed by atoms with E-state index in [-0.39, 0.29) is 0 Å². The van der Waals surface area contributed by atoms with Gasteiger partial charge in [-0.05, 0) is 30.7 Å². The number of rotatable bonds is 11. The molecule has 0 amide bonds. The third-order valence-corrected chi connectivity index (χ3v) is 5.13. The zero-order chi connectivity index (χ0) is 20.5. The summed E-state index contributed by atoms with van der Waals surface area (Å²) >= 11 is 1.59. The minimum Gasteiger partial charge on any atom is -0.493 e. The average Bonchev–Trinajstić information content (AvgIpc) is 3.13. The molecular weight excluding hydrogens is 386 g/mol. The lowest BCUT2D eigenvalue weighted by molar-refractivity contribution is 0.287. The van der Waals surface area contributed by atoms with Crippen LogP contribution in [-0.2, 0) is 13.2 Å². The number of methoxy groups -OCH3 is 1. The van der Waals surface area contributed by atoms with E-state index in [1.54, 1.807) is 18.9 Å². The van der Waals surface area contributed by atoms with Gasteiger partial charge in [-0.3, -0.25) is 4.57 Å². The monoisotopic (exact) mass is 411 g/mol. The molecule has 29 heavy (non-hydrogen) atoms. The van der Waals surface area contributed by atoms with Crippen LogP contribution in [0.3, 0.4) is 0 Å². The molecule has 0 radical (unpaired) electrons. The molecule has 7 heteroatoms. The van der Waals surface area contributed by atoms with Gasteiger partial charge in [0.1, 0.15) is 12.4 Å². The first-order valence-corrected chi connectivity index (χ1v) is 10.3. The molecule has 0 N–H and O–H groups in total. The first-order valence-electron chi connectivity index (χ1n) is 9.33. The lowest BCUT2D eigenvalue weighted by Gasteiger charge is -2.11. The van der Waals surface area contributed by atoms with E-state index >= 15 is 0 Å². The summed E-state index contributed by atoms with van der Waals surface area (Å²) in [6.45, 7) is 7.36. The normalized spacial score (nSPS) is 10.6. The van der Waals surface area contributed by atoms with E-state index in [4.69, 9.17) is 14.2 Å². The summed E-state index contributed by atoms with van der Waals surface area (Å²) in [5, 5.41) is 9.43. The van der Waals surface area contributed by atoms with Crippen molar-refractivity contribution >= 4 is 11.8 Å². The molecule has 3 rings (SSSR count). The van der Waals surface area contributed by atoms with Crippen molar-refractivity contribution in [1.29, 1.82) is 0 Å². The fourth-order valence-electron chi connectivity index (χ4n) is 2.73. The molecule has 0 atom stereocenters. The van der Waals surface area contributed by atoms with Gasteiger partial charge in [-0.1, -0.05) is 48.2 Å². The summed E-state index contributed by atoms with van der Waals surface area (Å²) in [5.74, 6) is 3.80. The number of ether oxygens (including phenoxy) is 3. The number of aryl methyl sites for hydroxylation is 1. The van der Waals surface area contributed by atoms with E-state index in [9.17, 15) is 0 Å². The quantitative estimate of drug-likeness (QED) is 0.262. The Morgan fingerprint density at radius 3 is 2.45 bits per heavy atom. The average molecular weight is 412 g/mol. The van der Waals surface area contributed by atoms with Crippen LogP contribution in [0.4, 0.5) is 0 Å². The Balaban J connectivity index is 1.58. The molecule has 0 unspecified atom stereocenters. The number of aromatic nitrogens is 3. The lowest BCUT2D eigenvalue weighted by atomic mass is 10.2. The Morgan fingerprint density at radius 1 is 1.00 bits per heavy atom. The van der Waals surface area contributed by atoms with Gasteiger partial charge in [-0.2, -0.15) is 0 Å². The predicted molar refractivity (Wildman–Crippen MR) is 115 cm³/mol. The molecule has 1 heterocycles. The summed E-state index contributed by atoms with van der Waals surface area (Å²) in [4.78, 5) is 0. The molecule has 0 aliphatic rings. The van der Waals surface area contributed by atoms with Gasteiger partial charge < -0.3 is 14.2 Å². The van der Waals surface area contributed by atoms with Crippen LogP contribution >= 0.6 is 11.8 Å². The van der Waals surface area contributed by atoms with Crippen LogP contribution in [0.2, 0.25) is 0 Å². The van der Waals surface area contributed by atoms with Gasteiger partial charge in [0.15, 0.2) is 22.5 Å². The molecule has 0 aliphatic carbocycles. The molecule has 152 valence electrons. The minimum atomic E-state index is 0.351. The highest BCUT2D eigenvalue weighted by Gasteiger charge is 2.13. The highest BCUT2D eigenvalue weighted by atomic mass is 32.2. The maximum Gasteiger partial charge on any atom is 0.191 e. The zero-order valence-electron chi connectivity index (χ0n) is 16.7. The second-order valence-corrected chi connectivity index (χ2v) is 7.26. The number of nitrogens with zero attached hydrogens (tertiary/aromatic N) is 3. The van der Waals surface area contributed by atoms with Crippen molar-refractivity contribution in [2.75, 3.05) is 19.5 Å². The Hall–Kier alpha value is -2.93. The van der Waals surface area contributed by atoms with Crippen LogP contribution in [0.25, 0.3) is 0 Å². The standard InChI is InChI=1S/C22H25N3O3S/c1-4-13-25-21(16-28-18-10-6-5-9-17(18)2)23-24-22(25)29-15-14-27-20-12-8-7-11-19(20)26-3/h4-12H,1,13-16H2,2-3H3. The van der Waals surface area contributed by atoms with Gasteiger partial charge in [0.05, 0.1) is 13.7 Å². The van der Waals surface area contributed by atoms with Crippen LogP contribution < -0.4 is 14.2 Å². The molecular formula is C22H25N3O3S. The number of thioether (sulfide) groups is 1. The highest BCUT2D eigenvalue weighted by Crippen LogP contribution is 2.26. The van der Waals surface area contributed by atoms with E-state index < -0.39 is 0 Å². The zero-order valence-corrected chi connectivity index (χ0v) is 17.5. The molecule has 0 fully saturated rings. The smallest absolute Gasteiger partial charge is 0.191 e. The van der Waals surface area contributed by atoms with Crippen molar-refractivity contribution in [1.82, 2.24) is 14.8 Å². The van der Waals surface area contributed by atoms with Crippen molar-refractivity contribution in [2.24, 2.45) is 0 Å². The van der Waals surface area contributed by atoms with Gasteiger partial charge in [-0.25, -0.2) is 0 Å². The Kier molecular flexibility index (Phi) is 7.58. The maximum atomic E-state index is 5.93. The van der Waals surface area contributed by atoms with E-state index in [1.807, 2.05) is 66.1 Å². The third kappa shape index (κ3) is 5.54. The van der Waals surface area contributed by atoms with Crippen LogP contribution in [0.15, 0.2) is 66.3 Å². The van der Waals surface area contributed by atoms with E-state index in [0.29, 0.717) is 19.8 Å². The van der Waals surface area contributed by atoms with Crippen LogP contribution in [0, 0.1) is 6.92 Å². The minimum absolute atomic E-state index is 0.351. The maximum absolute atomic E-state index is 5.93. The summed E-state index contributed by atoms with van der Waals surface area (Å²) in [5.41, 5.74) is 1.09. The Morgan fingerprint density at radius 2 is 1.72 bits per heavy atom. The third-order valence-electron chi connectivity index (χ3n) is 4.20. The van der Waals surface area contributed by atoms with Gasteiger partial charge >= 0.3 is 0 Å². The molecule has 0 bridgehead atoms. The van der Waals surface area contributed by atoms with Crippen molar-refractivity contribution < 1.29 is 14.2 Å². The molecule has 6 nitrogen and oxygen atoms in total. The van der Waals surface area contributed by atoms with Crippen molar-refractivity contribution in [3.63, 3.8) is 0 Å². The van der Waals surface area contributed by atoms with E-state index in [2.05, 4.69) is 16.8 Å². The van der Waals surface area contributed by atoms with E-state index in [0.717, 1.165) is 39.5 Å². The Bertz CT molecular complexity index is 943. The molecule has 0 spiro atoms. The van der Waals surface area contributed by atoms with Crippen molar-refractivity contribution in [3.8, 4) is 17.2 Å². The van der Waals surface area contributed by atoms with Crippen LogP contribution in [0.1, 0.15) is 11.4 Å². The van der Waals surface area contributed by atoms with E-state index in [1.165, 1.54) is 0 Å². The lowest BCUT2D eigenvalue weighted by Crippen LogP contribution is -2.08. The van der Waals surface area contributed by atoms with Gasteiger partial charge in [-0.15, -0.1) is 16.8 Å². The molecule has 0 aliphatic heterocycles. The largest absolute Gasteiger partial charge is 0.493 e.